The number of nitrogens with zero attached hydrogens (tertiary/aromatic N) is 2. The predicted octanol–water partition coefficient (Wildman–Crippen LogP) is 2.83. The lowest BCUT2D eigenvalue weighted by atomic mass is 10.0. The number of anilines is 1. The molecule has 2 saturated heterocycles. The molecule has 0 aliphatic carbocycles. The van der Waals surface area contributed by atoms with Crippen LogP contribution in [0.5, 0.6) is 0 Å². The highest BCUT2D eigenvalue weighted by atomic mass is 16.3. The van der Waals surface area contributed by atoms with Gasteiger partial charge in [-0.2, -0.15) is 0 Å². The molecular formula is C22H25N3O4. The van der Waals surface area contributed by atoms with E-state index in [0.29, 0.717) is 30.6 Å². The minimum atomic E-state index is -0.124. The molecule has 2 aromatic rings. The van der Waals surface area contributed by atoms with Crippen LogP contribution in [0.1, 0.15) is 52.8 Å². The molecule has 0 radical (unpaired) electrons. The van der Waals surface area contributed by atoms with Crippen molar-refractivity contribution in [3.8, 4) is 0 Å². The fourth-order valence-electron chi connectivity index (χ4n) is 3.94. The Hall–Kier alpha value is -3.09. The SMILES string of the molecule is O=C(NC1CCN(C(=O)c2ccoc2)CC1)c1ccc(N2CCCCC2=O)cc1. The van der Waals surface area contributed by atoms with Gasteiger partial charge in [0.15, 0.2) is 0 Å². The molecule has 0 bridgehead atoms. The number of amides is 3. The smallest absolute Gasteiger partial charge is 0.257 e. The van der Waals surface area contributed by atoms with Gasteiger partial charge in [-0.1, -0.05) is 0 Å². The van der Waals surface area contributed by atoms with Crippen molar-refractivity contribution in [2.75, 3.05) is 24.5 Å². The van der Waals surface area contributed by atoms with Crippen molar-refractivity contribution in [3.05, 3.63) is 54.0 Å². The fourth-order valence-corrected chi connectivity index (χ4v) is 3.94. The van der Waals surface area contributed by atoms with Crippen LogP contribution in [-0.2, 0) is 4.79 Å². The lowest BCUT2D eigenvalue weighted by Crippen LogP contribution is -2.46. The summed E-state index contributed by atoms with van der Waals surface area (Å²) in [7, 11) is 0. The second-order valence-corrected chi connectivity index (χ2v) is 7.60. The number of carbonyl (C=O) groups excluding carboxylic acids is 3. The summed E-state index contributed by atoms with van der Waals surface area (Å²) in [6, 6.07) is 8.92. The van der Waals surface area contributed by atoms with E-state index in [2.05, 4.69) is 5.32 Å². The van der Waals surface area contributed by atoms with Crippen LogP contribution >= 0.6 is 0 Å². The molecule has 29 heavy (non-hydrogen) atoms. The van der Waals surface area contributed by atoms with Gasteiger partial charge in [-0.25, -0.2) is 0 Å². The van der Waals surface area contributed by atoms with Crippen LogP contribution in [0.3, 0.4) is 0 Å². The van der Waals surface area contributed by atoms with Crippen molar-refractivity contribution in [1.82, 2.24) is 10.2 Å². The Balaban J connectivity index is 1.30. The second kappa shape index (κ2) is 8.51. The summed E-state index contributed by atoms with van der Waals surface area (Å²) < 4.78 is 4.98. The van der Waals surface area contributed by atoms with E-state index in [4.69, 9.17) is 4.42 Å². The van der Waals surface area contributed by atoms with E-state index in [1.54, 1.807) is 28.0 Å². The molecule has 2 aliphatic rings. The molecule has 0 spiro atoms. The third kappa shape index (κ3) is 4.34. The number of benzene rings is 1. The van der Waals surface area contributed by atoms with Gasteiger partial charge in [0.1, 0.15) is 6.26 Å². The topological polar surface area (TPSA) is 82.9 Å². The third-order valence-electron chi connectivity index (χ3n) is 5.65. The number of hydrogen-bond donors (Lipinski definition) is 1. The van der Waals surface area contributed by atoms with E-state index >= 15 is 0 Å². The zero-order chi connectivity index (χ0) is 20.2. The molecule has 152 valence electrons. The van der Waals surface area contributed by atoms with Gasteiger partial charge in [0.05, 0.1) is 11.8 Å². The monoisotopic (exact) mass is 395 g/mol. The molecular weight excluding hydrogens is 370 g/mol. The van der Waals surface area contributed by atoms with E-state index in [9.17, 15) is 14.4 Å². The van der Waals surface area contributed by atoms with Crippen LogP contribution in [0.2, 0.25) is 0 Å². The maximum Gasteiger partial charge on any atom is 0.257 e. The van der Waals surface area contributed by atoms with Crippen molar-refractivity contribution in [1.29, 1.82) is 0 Å². The molecule has 7 heteroatoms. The summed E-state index contributed by atoms with van der Waals surface area (Å²) >= 11 is 0. The average molecular weight is 395 g/mol. The number of piperidine rings is 2. The number of carbonyl (C=O) groups is 3. The van der Waals surface area contributed by atoms with Gasteiger partial charge in [0.25, 0.3) is 11.8 Å². The molecule has 1 aromatic carbocycles. The average Bonchev–Trinajstić information content (AvgIpc) is 3.29. The lowest BCUT2D eigenvalue weighted by molar-refractivity contribution is -0.119. The first-order valence-electron chi connectivity index (χ1n) is 10.1. The first-order valence-corrected chi connectivity index (χ1v) is 10.1. The normalized spacial score (nSPS) is 18.0. The number of hydrogen-bond acceptors (Lipinski definition) is 4. The Kier molecular flexibility index (Phi) is 5.64. The van der Waals surface area contributed by atoms with Crippen LogP contribution in [0.15, 0.2) is 47.3 Å². The van der Waals surface area contributed by atoms with Crippen LogP contribution in [0, 0.1) is 0 Å². The zero-order valence-electron chi connectivity index (χ0n) is 16.3. The van der Waals surface area contributed by atoms with E-state index < -0.39 is 0 Å². The van der Waals surface area contributed by atoms with Crippen molar-refractivity contribution in [2.45, 2.75) is 38.1 Å². The van der Waals surface area contributed by atoms with Gasteiger partial charge < -0.3 is 19.5 Å². The first-order chi connectivity index (χ1) is 14.1. The Morgan fingerprint density at radius 1 is 0.966 bits per heavy atom. The number of likely N-dealkylation sites (tertiary alicyclic amines) is 1. The molecule has 2 aliphatic heterocycles. The Labute approximate surface area is 169 Å². The summed E-state index contributed by atoms with van der Waals surface area (Å²) in [5.74, 6) is -0.0160. The second-order valence-electron chi connectivity index (χ2n) is 7.60. The van der Waals surface area contributed by atoms with E-state index in [1.807, 2.05) is 12.1 Å². The first kappa shape index (κ1) is 19.2. The lowest BCUT2D eigenvalue weighted by Gasteiger charge is -2.32. The molecule has 0 atom stereocenters. The quantitative estimate of drug-likeness (QED) is 0.863. The maximum absolute atomic E-state index is 12.6. The van der Waals surface area contributed by atoms with Gasteiger partial charge in [-0.05, 0) is 56.0 Å². The van der Waals surface area contributed by atoms with Gasteiger partial charge in [0, 0.05) is 43.3 Å². The summed E-state index contributed by atoms with van der Waals surface area (Å²) in [5.41, 5.74) is 1.98. The van der Waals surface area contributed by atoms with Crippen molar-refractivity contribution in [3.63, 3.8) is 0 Å². The molecule has 1 N–H and O–H groups in total. The van der Waals surface area contributed by atoms with Crippen molar-refractivity contribution >= 4 is 23.4 Å². The van der Waals surface area contributed by atoms with Gasteiger partial charge in [-0.15, -0.1) is 0 Å². The standard InChI is InChI=1S/C22H25N3O4/c26-20-3-1-2-11-25(20)19-6-4-16(5-7-19)21(27)23-18-8-12-24(13-9-18)22(28)17-10-14-29-15-17/h4-7,10,14-15,18H,1-3,8-9,11-13H2,(H,23,27). The predicted molar refractivity (Wildman–Crippen MR) is 108 cm³/mol. The van der Waals surface area contributed by atoms with Crippen LogP contribution in [0.4, 0.5) is 5.69 Å². The highest BCUT2D eigenvalue weighted by Crippen LogP contribution is 2.21. The number of nitrogens with one attached hydrogen (secondary N) is 1. The van der Waals surface area contributed by atoms with Gasteiger partial charge >= 0.3 is 0 Å². The summed E-state index contributed by atoms with van der Waals surface area (Å²) in [6.45, 7) is 1.94. The van der Waals surface area contributed by atoms with E-state index in [1.165, 1.54) is 12.5 Å². The molecule has 3 heterocycles. The van der Waals surface area contributed by atoms with E-state index in [0.717, 1.165) is 37.9 Å². The third-order valence-corrected chi connectivity index (χ3v) is 5.65. The molecule has 4 rings (SSSR count). The highest BCUT2D eigenvalue weighted by Gasteiger charge is 2.25. The van der Waals surface area contributed by atoms with Crippen LogP contribution < -0.4 is 10.2 Å². The van der Waals surface area contributed by atoms with E-state index in [-0.39, 0.29) is 23.8 Å². The van der Waals surface area contributed by atoms with Crippen molar-refractivity contribution < 1.29 is 18.8 Å². The summed E-state index contributed by atoms with van der Waals surface area (Å²) in [4.78, 5) is 40.5. The molecule has 0 saturated carbocycles. The fraction of sp³-hybridized carbons (Fsp3) is 0.409. The maximum atomic E-state index is 12.6. The van der Waals surface area contributed by atoms with Crippen LogP contribution in [-0.4, -0.2) is 48.3 Å². The molecule has 1 aromatic heterocycles. The summed E-state index contributed by atoms with van der Waals surface area (Å²) in [5, 5.41) is 3.06. The Morgan fingerprint density at radius 2 is 1.72 bits per heavy atom. The van der Waals surface area contributed by atoms with Crippen molar-refractivity contribution in [2.24, 2.45) is 0 Å². The number of furan rings is 1. The minimum Gasteiger partial charge on any atom is -0.472 e. The minimum absolute atomic E-state index is 0.0358. The highest BCUT2D eigenvalue weighted by molar-refractivity contribution is 5.97. The zero-order valence-corrected chi connectivity index (χ0v) is 16.3. The molecule has 2 fully saturated rings. The Morgan fingerprint density at radius 3 is 2.38 bits per heavy atom. The van der Waals surface area contributed by atoms with Gasteiger partial charge in [0.2, 0.25) is 5.91 Å². The molecule has 3 amide bonds. The van der Waals surface area contributed by atoms with Crippen LogP contribution in [0.25, 0.3) is 0 Å². The molecule has 7 nitrogen and oxygen atoms in total. The molecule has 0 unspecified atom stereocenters. The summed E-state index contributed by atoms with van der Waals surface area (Å²) in [6.07, 6.45) is 6.93. The number of rotatable bonds is 4. The Bertz CT molecular complexity index is 868. The largest absolute Gasteiger partial charge is 0.472 e. The van der Waals surface area contributed by atoms with Gasteiger partial charge in [-0.3, -0.25) is 14.4 Å².